The van der Waals surface area contributed by atoms with Crippen LogP contribution in [0.4, 0.5) is 4.79 Å². The highest BCUT2D eigenvalue weighted by Crippen LogP contribution is 2.62. The average molecular weight is 342 g/mol. The molecule has 0 aromatic carbocycles. The first-order valence-electron chi connectivity index (χ1n) is 9.61. The van der Waals surface area contributed by atoms with Crippen LogP contribution >= 0.6 is 0 Å². The van der Waals surface area contributed by atoms with Crippen molar-refractivity contribution >= 4 is 6.03 Å². The molecule has 5 heteroatoms. The fourth-order valence-electron chi connectivity index (χ4n) is 5.40. The van der Waals surface area contributed by atoms with Gasteiger partial charge in [0, 0.05) is 37.6 Å². The monoisotopic (exact) mass is 342 g/mol. The van der Waals surface area contributed by atoms with Crippen LogP contribution in [0.15, 0.2) is 18.5 Å². The van der Waals surface area contributed by atoms with E-state index in [1.165, 1.54) is 30.4 Å². The number of aromatic nitrogens is 1. The summed E-state index contributed by atoms with van der Waals surface area (Å²) in [5, 5.41) is 7.03. The Bertz CT molecular complexity index is 635. The van der Waals surface area contributed by atoms with E-state index < -0.39 is 0 Å². The van der Waals surface area contributed by atoms with Gasteiger partial charge >= 0.3 is 6.03 Å². The molecule has 0 radical (unpaired) electrons. The molecule has 1 saturated carbocycles. The van der Waals surface area contributed by atoms with Crippen molar-refractivity contribution in [3.05, 3.63) is 29.6 Å². The molecule has 0 bridgehead atoms. The quantitative estimate of drug-likeness (QED) is 0.869. The van der Waals surface area contributed by atoms with Gasteiger partial charge in [0.2, 0.25) is 0 Å². The Morgan fingerprint density at radius 2 is 2.16 bits per heavy atom. The molecule has 136 valence electrons. The smallest absolute Gasteiger partial charge is 0.318 e. The Kier molecular flexibility index (Phi) is 4.02. The lowest BCUT2D eigenvalue weighted by Gasteiger charge is -2.29. The molecule has 2 N–H and O–H groups in total. The maximum atomic E-state index is 12.6. The van der Waals surface area contributed by atoms with E-state index in [9.17, 15) is 4.79 Å². The molecule has 3 heterocycles. The van der Waals surface area contributed by atoms with Gasteiger partial charge in [-0.05, 0) is 53.8 Å². The molecule has 2 fully saturated rings. The summed E-state index contributed by atoms with van der Waals surface area (Å²) < 4.78 is 0. The first-order chi connectivity index (χ1) is 11.9. The third kappa shape index (κ3) is 2.92. The summed E-state index contributed by atoms with van der Waals surface area (Å²) in [4.78, 5) is 18.7. The number of carbonyl (C=O) groups is 1. The zero-order valence-corrected chi connectivity index (χ0v) is 15.6. The lowest BCUT2D eigenvalue weighted by Crippen LogP contribution is -2.43. The van der Waals surface area contributed by atoms with Crippen LogP contribution in [0.25, 0.3) is 0 Å². The van der Waals surface area contributed by atoms with Crippen molar-refractivity contribution in [2.24, 2.45) is 17.3 Å². The second-order valence-corrected chi connectivity index (χ2v) is 9.06. The highest BCUT2D eigenvalue weighted by Gasteiger charge is 2.67. The molecule has 2 aliphatic heterocycles. The minimum atomic E-state index is 0.0571. The van der Waals surface area contributed by atoms with Crippen LogP contribution in [0.1, 0.15) is 51.2 Å². The number of nitrogens with zero attached hydrogens (tertiary/aromatic N) is 2. The van der Waals surface area contributed by atoms with Crippen molar-refractivity contribution in [3.8, 4) is 0 Å². The fourth-order valence-corrected chi connectivity index (χ4v) is 5.40. The molecule has 4 rings (SSSR count). The van der Waals surface area contributed by atoms with E-state index in [-0.39, 0.29) is 17.0 Å². The summed E-state index contributed by atoms with van der Waals surface area (Å²) >= 11 is 0. The van der Waals surface area contributed by atoms with Crippen LogP contribution in [-0.4, -0.2) is 34.5 Å². The zero-order valence-electron chi connectivity index (χ0n) is 15.6. The number of nitrogens with one attached hydrogen (secondary N) is 2. The Labute approximate surface area is 150 Å². The van der Waals surface area contributed by atoms with Crippen LogP contribution in [0.5, 0.6) is 0 Å². The van der Waals surface area contributed by atoms with E-state index in [0.29, 0.717) is 24.9 Å². The van der Waals surface area contributed by atoms with Gasteiger partial charge in [0.1, 0.15) is 0 Å². The highest BCUT2D eigenvalue weighted by atomic mass is 16.2. The topological polar surface area (TPSA) is 57.3 Å². The van der Waals surface area contributed by atoms with E-state index in [1.807, 2.05) is 17.2 Å². The molecular formula is C20H30N4O. The van der Waals surface area contributed by atoms with Crippen molar-refractivity contribution < 1.29 is 4.79 Å². The number of rotatable bonds is 2. The molecule has 1 aromatic heterocycles. The summed E-state index contributed by atoms with van der Waals surface area (Å²) in [5.41, 5.74) is 2.91. The predicted octanol–water partition coefficient (Wildman–Crippen LogP) is 2.91. The normalized spacial score (nSPS) is 31.1. The van der Waals surface area contributed by atoms with E-state index in [0.717, 1.165) is 13.1 Å². The summed E-state index contributed by atoms with van der Waals surface area (Å²) in [5.74, 6) is 1.18. The van der Waals surface area contributed by atoms with Crippen molar-refractivity contribution in [2.75, 3.05) is 13.1 Å². The van der Waals surface area contributed by atoms with Gasteiger partial charge in [-0.15, -0.1) is 0 Å². The van der Waals surface area contributed by atoms with Gasteiger partial charge in [-0.2, -0.15) is 0 Å². The SMILES string of the molecule is CC(C)(C)C1C(CNC(=O)N2Cc3ccncc3C2)C12CCCCN2. The molecular weight excluding hydrogens is 312 g/mol. The predicted molar refractivity (Wildman–Crippen MR) is 97.9 cm³/mol. The molecule has 5 nitrogen and oxygen atoms in total. The number of carbonyl (C=O) groups excluding carboxylic acids is 1. The fraction of sp³-hybridized carbons (Fsp3) is 0.700. The van der Waals surface area contributed by atoms with E-state index in [2.05, 4.69) is 36.4 Å². The molecule has 1 aliphatic carbocycles. The largest absolute Gasteiger partial charge is 0.338 e. The number of pyridine rings is 1. The van der Waals surface area contributed by atoms with Crippen molar-refractivity contribution in [1.29, 1.82) is 0 Å². The Morgan fingerprint density at radius 3 is 2.84 bits per heavy atom. The zero-order chi connectivity index (χ0) is 17.7. The van der Waals surface area contributed by atoms with Crippen molar-refractivity contribution in [3.63, 3.8) is 0 Å². The summed E-state index contributed by atoms with van der Waals surface area (Å²) in [7, 11) is 0. The van der Waals surface area contributed by atoms with Gasteiger partial charge in [-0.3, -0.25) is 4.98 Å². The van der Waals surface area contributed by atoms with Crippen LogP contribution in [0.2, 0.25) is 0 Å². The first kappa shape index (κ1) is 16.8. The Balaban J connectivity index is 1.37. The van der Waals surface area contributed by atoms with Gasteiger partial charge in [0.25, 0.3) is 0 Å². The standard InChI is InChI=1S/C20H30N4O/c1-19(2,3)17-16(20(17)7-4-5-8-23-20)11-22-18(25)24-12-14-6-9-21-10-15(14)13-24/h6,9-10,16-17,23H,4-5,7-8,11-13H2,1-3H3,(H,22,25). The number of fused-ring (bicyclic) bond motifs is 1. The summed E-state index contributed by atoms with van der Waals surface area (Å²) in [6, 6.07) is 2.07. The molecule has 3 atom stereocenters. The highest BCUT2D eigenvalue weighted by molar-refractivity contribution is 5.75. The maximum absolute atomic E-state index is 12.6. The Morgan fingerprint density at radius 1 is 1.36 bits per heavy atom. The number of hydrogen-bond acceptors (Lipinski definition) is 3. The van der Waals surface area contributed by atoms with Gasteiger partial charge in [0.05, 0.1) is 0 Å². The molecule has 25 heavy (non-hydrogen) atoms. The number of urea groups is 1. The van der Waals surface area contributed by atoms with Crippen LogP contribution in [-0.2, 0) is 13.1 Å². The molecule has 1 aromatic rings. The van der Waals surface area contributed by atoms with Crippen LogP contribution in [0.3, 0.4) is 0 Å². The second kappa shape index (κ2) is 5.97. The second-order valence-electron chi connectivity index (χ2n) is 9.06. The van der Waals surface area contributed by atoms with Gasteiger partial charge in [-0.1, -0.05) is 27.2 Å². The first-order valence-corrected chi connectivity index (χ1v) is 9.61. The number of hydrogen-bond donors (Lipinski definition) is 2. The molecule has 1 spiro atoms. The third-order valence-electron chi connectivity index (χ3n) is 6.40. The third-order valence-corrected chi connectivity index (χ3v) is 6.40. The molecule has 3 aliphatic rings. The minimum absolute atomic E-state index is 0.0571. The van der Waals surface area contributed by atoms with E-state index in [4.69, 9.17) is 0 Å². The van der Waals surface area contributed by atoms with Crippen LogP contribution in [0, 0.1) is 17.3 Å². The van der Waals surface area contributed by atoms with Crippen molar-refractivity contribution in [2.45, 2.75) is 58.7 Å². The lowest BCUT2D eigenvalue weighted by atomic mass is 9.85. The van der Waals surface area contributed by atoms with E-state index >= 15 is 0 Å². The number of amides is 2. The van der Waals surface area contributed by atoms with Gasteiger partial charge in [0.15, 0.2) is 0 Å². The van der Waals surface area contributed by atoms with Gasteiger partial charge in [-0.25, -0.2) is 4.79 Å². The molecule has 3 unspecified atom stereocenters. The summed E-state index contributed by atoms with van der Waals surface area (Å²) in [6.07, 6.45) is 7.50. The van der Waals surface area contributed by atoms with Crippen LogP contribution < -0.4 is 10.6 Å². The van der Waals surface area contributed by atoms with Crippen molar-refractivity contribution in [1.82, 2.24) is 20.5 Å². The Hall–Kier alpha value is -1.62. The minimum Gasteiger partial charge on any atom is -0.338 e. The molecule has 2 amide bonds. The van der Waals surface area contributed by atoms with Gasteiger partial charge < -0.3 is 15.5 Å². The summed E-state index contributed by atoms with van der Waals surface area (Å²) in [6.45, 7) is 10.3. The lowest BCUT2D eigenvalue weighted by molar-refractivity contribution is 0.197. The average Bonchev–Trinajstić information content (AvgIpc) is 3.00. The molecule has 1 saturated heterocycles. The maximum Gasteiger partial charge on any atom is 0.318 e. The van der Waals surface area contributed by atoms with E-state index in [1.54, 1.807) is 6.20 Å². The number of piperidine rings is 1.